The van der Waals surface area contributed by atoms with E-state index in [4.69, 9.17) is 8.85 Å². The molecule has 0 radical (unpaired) electrons. The number of aryl methyl sites for hydroxylation is 1. The lowest BCUT2D eigenvalue weighted by molar-refractivity contribution is 0.108. The summed E-state index contributed by atoms with van der Waals surface area (Å²) in [4.78, 5) is 10.1. The molecule has 0 aliphatic carbocycles. The zero-order chi connectivity index (χ0) is 12.7. The number of halogens is 1. The van der Waals surface area contributed by atoms with Crippen molar-refractivity contribution in [3.05, 3.63) is 35.6 Å². The van der Waals surface area contributed by atoms with Gasteiger partial charge in [0.05, 0.1) is 0 Å². The topological polar surface area (TPSA) is 38.7 Å². The van der Waals surface area contributed by atoms with Crippen LogP contribution in [0.5, 0.6) is 0 Å². The lowest BCUT2D eigenvalue weighted by atomic mass is 10.2. The Hall–Kier alpha value is -0.753. The Labute approximate surface area is 103 Å². The molecule has 0 spiro atoms. The summed E-state index contributed by atoms with van der Waals surface area (Å²) in [5.74, 6) is -0.263. The van der Waals surface area contributed by atoms with Crippen LogP contribution in [0.1, 0.15) is 19.4 Å². The Morgan fingerprint density at radius 3 is 2.41 bits per heavy atom. The van der Waals surface area contributed by atoms with E-state index in [1.807, 2.05) is 19.9 Å². The summed E-state index contributed by atoms with van der Waals surface area (Å²) in [5.41, 5.74) is 0.843. The SMILES string of the molecule is CCO[Si](O)(CCc1cccc(F)c1)OCC. The fourth-order valence-corrected chi connectivity index (χ4v) is 3.51. The first-order valence-electron chi connectivity index (χ1n) is 5.84. The van der Waals surface area contributed by atoms with Crippen molar-refractivity contribution in [2.45, 2.75) is 26.3 Å². The molecule has 0 heterocycles. The molecule has 0 aliphatic heterocycles. The molecule has 17 heavy (non-hydrogen) atoms. The molecule has 0 bridgehead atoms. The number of benzene rings is 1. The summed E-state index contributed by atoms with van der Waals surface area (Å²) in [6.45, 7) is 4.48. The lowest BCUT2D eigenvalue weighted by Gasteiger charge is -2.22. The molecule has 0 unspecified atom stereocenters. The largest absolute Gasteiger partial charge is 0.498 e. The molecular formula is C12H19FO3Si. The van der Waals surface area contributed by atoms with E-state index in [2.05, 4.69) is 0 Å². The van der Waals surface area contributed by atoms with E-state index in [-0.39, 0.29) is 5.82 Å². The van der Waals surface area contributed by atoms with Crippen LogP contribution in [0.25, 0.3) is 0 Å². The van der Waals surface area contributed by atoms with Crippen LogP contribution >= 0.6 is 0 Å². The highest BCUT2D eigenvalue weighted by atomic mass is 28.4. The predicted molar refractivity (Wildman–Crippen MR) is 66.1 cm³/mol. The van der Waals surface area contributed by atoms with E-state index in [0.29, 0.717) is 25.7 Å². The third-order valence-corrected chi connectivity index (χ3v) is 4.72. The summed E-state index contributed by atoms with van der Waals surface area (Å²) in [7, 11) is -3.07. The fourth-order valence-electron chi connectivity index (χ4n) is 1.63. The molecule has 1 aromatic rings. The van der Waals surface area contributed by atoms with Crippen molar-refractivity contribution in [1.29, 1.82) is 0 Å². The molecule has 1 rings (SSSR count). The first-order valence-corrected chi connectivity index (χ1v) is 7.81. The Morgan fingerprint density at radius 2 is 1.88 bits per heavy atom. The van der Waals surface area contributed by atoms with Crippen LogP contribution in [0.4, 0.5) is 4.39 Å². The zero-order valence-corrected chi connectivity index (χ0v) is 11.3. The highest BCUT2D eigenvalue weighted by Gasteiger charge is 2.35. The molecular weight excluding hydrogens is 239 g/mol. The first kappa shape index (κ1) is 14.3. The standard InChI is InChI=1S/C12H19FO3Si/c1-3-15-17(14,16-4-2)9-8-11-6-5-7-12(13)10-11/h5-7,10,14H,3-4,8-9H2,1-2H3. The molecule has 0 saturated heterocycles. The number of hydrogen-bond donors (Lipinski definition) is 1. The van der Waals surface area contributed by atoms with Crippen LogP contribution in [0.15, 0.2) is 24.3 Å². The van der Waals surface area contributed by atoms with Gasteiger partial charge in [0, 0.05) is 19.3 Å². The van der Waals surface area contributed by atoms with Gasteiger partial charge in [0.1, 0.15) is 5.82 Å². The van der Waals surface area contributed by atoms with Gasteiger partial charge in [-0.1, -0.05) is 12.1 Å². The van der Waals surface area contributed by atoms with Crippen LogP contribution in [-0.4, -0.2) is 26.8 Å². The van der Waals surface area contributed by atoms with E-state index in [1.54, 1.807) is 6.07 Å². The van der Waals surface area contributed by atoms with E-state index < -0.39 is 8.80 Å². The van der Waals surface area contributed by atoms with Gasteiger partial charge >= 0.3 is 8.80 Å². The summed E-state index contributed by atoms with van der Waals surface area (Å²) < 4.78 is 23.6. The molecule has 1 N–H and O–H groups in total. The quantitative estimate of drug-likeness (QED) is 0.763. The van der Waals surface area contributed by atoms with Gasteiger partial charge in [0.15, 0.2) is 0 Å². The summed E-state index contributed by atoms with van der Waals surface area (Å²) in [6, 6.07) is 6.77. The minimum Gasteiger partial charge on any atom is -0.390 e. The smallest absolute Gasteiger partial charge is 0.390 e. The summed E-state index contributed by atoms with van der Waals surface area (Å²) in [6.07, 6.45) is 0.556. The highest BCUT2D eigenvalue weighted by molar-refractivity contribution is 6.59. The third-order valence-electron chi connectivity index (χ3n) is 2.36. The Kier molecular flexibility index (Phi) is 5.77. The van der Waals surface area contributed by atoms with Crippen LogP contribution in [0.3, 0.4) is 0 Å². The minimum atomic E-state index is -3.07. The first-order chi connectivity index (χ1) is 8.09. The molecule has 0 fully saturated rings. The molecule has 0 amide bonds. The van der Waals surface area contributed by atoms with Gasteiger partial charge in [0.2, 0.25) is 0 Å². The fraction of sp³-hybridized carbons (Fsp3) is 0.500. The van der Waals surface area contributed by atoms with Gasteiger partial charge in [-0.25, -0.2) is 4.39 Å². The second-order valence-electron chi connectivity index (χ2n) is 3.71. The van der Waals surface area contributed by atoms with Gasteiger partial charge in [-0.3, -0.25) is 0 Å². The maximum absolute atomic E-state index is 13.0. The third kappa shape index (κ3) is 4.95. The van der Waals surface area contributed by atoms with Crippen molar-refractivity contribution in [1.82, 2.24) is 0 Å². The normalized spacial score (nSPS) is 11.8. The van der Waals surface area contributed by atoms with Gasteiger partial charge in [-0.2, -0.15) is 0 Å². The molecule has 3 nitrogen and oxygen atoms in total. The summed E-state index contributed by atoms with van der Waals surface area (Å²) in [5, 5.41) is 0. The maximum atomic E-state index is 13.0. The van der Waals surface area contributed by atoms with Gasteiger partial charge in [0.25, 0.3) is 0 Å². The highest BCUT2D eigenvalue weighted by Crippen LogP contribution is 2.15. The molecule has 96 valence electrons. The van der Waals surface area contributed by atoms with Crippen molar-refractivity contribution in [2.24, 2.45) is 0 Å². The Bertz CT molecular complexity index is 340. The summed E-state index contributed by atoms with van der Waals surface area (Å²) >= 11 is 0. The molecule has 0 saturated carbocycles. The van der Waals surface area contributed by atoms with Crippen molar-refractivity contribution >= 4 is 8.80 Å². The van der Waals surface area contributed by atoms with Gasteiger partial charge in [-0.05, 0) is 38.0 Å². The Balaban J connectivity index is 2.57. The van der Waals surface area contributed by atoms with E-state index in [9.17, 15) is 9.19 Å². The van der Waals surface area contributed by atoms with Gasteiger partial charge in [-0.15, -0.1) is 0 Å². The van der Waals surface area contributed by atoms with Crippen LogP contribution in [0, 0.1) is 5.82 Å². The number of hydrogen-bond acceptors (Lipinski definition) is 3. The molecule has 5 heteroatoms. The van der Waals surface area contributed by atoms with Crippen LogP contribution in [-0.2, 0) is 15.3 Å². The van der Waals surface area contributed by atoms with E-state index >= 15 is 0 Å². The average Bonchev–Trinajstić information content (AvgIpc) is 2.27. The second kappa shape index (κ2) is 6.86. The lowest BCUT2D eigenvalue weighted by Crippen LogP contribution is -2.43. The van der Waals surface area contributed by atoms with Crippen LogP contribution < -0.4 is 0 Å². The minimum absolute atomic E-state index is 0.263. The second-order valence-corrected chi connectivity index (χ2v) is 6.21. The monoisotopic (exact) mass is 258 g/mol. The van der Waals surface area contributed by atoms with Crippen molar-refractivity contribution < 1.29 is 18.0 Å². The van der Waals surface area contributed by atoms with Crippen molar-refractivity contribution in [3.8, 4) is 0 Å². The molecule has 1 aromatic carbocycles. The molecule has 0 aliphatic rings. The molecule has 0 atom stereocenters. The van der Waals surface area contributed by atoms with E-state index in [0.717, 1.165) is 5.56 Å². The Morgan fingerprint density at radius 1 is 1.24 bits per heavy atom. The molecule has 0 aromatic heterocycles. The maximum Gasteiger partial charge on any atom is 0.498 e. The zero-order valence-electron chi connectivity index (χ0n) is 10.3. The van der Waals surface area contributed by atoms with Crippen molar-refractivity contribution in [3.63, 3.8) is 0 Å². The van der Waals surface area contributed by atoms with Crippen LogP contribution in [0.2, 0.25) is 6.04 Å². The van der Waals surface area contributed by atoms with Gasteiger partial charge < -0.3 is 13.6 Å². The van der Waals surface area contributed by atoms with Crippen molar-refractivity contribution in [2.75, 3.05) is 13.2 Å². The number of rotatable bonds is 7. The van der Waals surface area contributed by atoms with E-state index in [1.165, 1.54) is 12.1 Å². The predicted octanol–water partition coefficient (Wildman–Crippen LogP) is 2.37. The average molecular weight is 258 g/mol.